The second-order valence-corrected chi connectivity index (χ2v) is 4.73. The third kappa shape index (κ3) is 3.81. The van der Waals surface area contributed by atoms with Crippen molar-refractivity contribution in [3.8, 4) is 0 Å². The van der Waals surface area contributed by atoms with Gasteiger partial charge in [0.1, 0.15) is 0 Å². The minimum Gasteiger partial charge on any atom is -0.426 e. The molecule has 108 valence electrons. The molecule has 0 aliphatic rings. The van der Waals surface area contributed by atoms with Gasteiger partial charge in [-0.2, -0.15) is 0 Å². The van der Waals surface area contributed by atoms with Crippen LogP contribution >= 0.6 is 0 Å². The molecule has 1 atom stereocenters. The Labute approximate surface area is 121 Å². The van der Waals surface area contributed by atoms with Crippen LogP contribution in [-0.4, -0.2) is 34.9 Å². The van der Waals surface area contributed by atoms with E-state index in [1.807, 2.05) is 24.3 Å². The largest absolute Gasteiger partial charge is 0.476 e. The SMILES string of the molecule is NC(=O)CC(NC(=O)c1ccc2ccccc2c1)B(O)O. The normalized spacial score (nSPS) is 11.9. The van der Waals surface area contributed by atoms with Crippen molar-refractivity contribution in [1.82, 2.24) is 5.32 Å². The number of hydrogen-bond acceptors (Lipinski definition) is 4. The van der Waals surface area contributed by atoms with Crippen LogP contribution in [0.4, 0.5) is 0 Å². The van der Waals surface area contributed by atoms with Gasteiger partial charge in [-0.05, 0) is 22.9 Å². The second-order valence-electron chi connectivity index (χ2n) is 4.73. The Balaban J connectivity index is 2.18. The van der Waals surface area contributed by atoms with E-state index in [4.69, 9.17) is 15.8 Å². The summed E-state index contributed by atoms with van der Waals surface area (Å²) in [5, 5.41) is 22.6. The Hall–Kier alpha value is -2.38. The highest BCUT2D eigenvalue weighted by atomic mass is 16.4. The van der Waals surface area contributed by atoms with Gasteiger partial charge in [0.15, 0.2) is 0 Å². The first-order valence-electron chi connectivity index (χ1n) is 6.41. The van der Waals surface area contributed by atoms with E-state index in [2.05, 4.69) is 5.32 Å². The van der Waals surface area contributed by atoms with Gasteiger partial charge in [-0.25, -0.2) is 0 Å². The summed E-state index contributed by atoms with van der Waals surface area (Å²) in [7, 11) is -1.86. The predicted octanol–water partition coefficient (Wildman–Crippen LogP) is -0.174. The molecule has 0 radical (unpaired) electrons. The van der Waals surface area contributed by atoms with Gasteiger partial charge in [0.25, 0.3) is 5.91 Å². The maximum Gasteiger partial charge on any atom is 0.476 e. The first kappa shape index (κ1) is 15.0. The van der Waals surface area contributed by atoms with Crippen molar-refractivity contribution in [3.63, 3.8) is 0 Å². The number of fused-ring (bicyclic) bond motifs is 1. The minimum atomic E-state index is -1.86. The maximum atomic E-state index is 12.1. The van der Waals surface area contributed by atoms with Gasteiger partial charge in [0.05, 0.1) is 5.94 Å². The monoisotopic (exact) mass is 286 g/mol. The standard InChI is InChI=1S/C14H15BN2O4/c16-13(18)8-12(15(20)21)17-14(19)11-6-5-9-3-1-2-4-10(9)7-11/h1-7,12,20-21H,8H2,(H2,16,18)(H,17,19). The van der Waals surface area contributed by atoms with Gasteiger partial charge >= 0.3 is 7.12 Å². The van der Waals surface area contributed by atoms with Crippen molar-refractivity contribution in [1.29, 1.82) is 0 Å². The number of carbonyl (C=O) groups is 2. The number of nitrogens with two attached hydrogens (primary N) is 1. The summed E-state index contributed by atoms with van der Waals surface area (Å²) in [4.78, 5) is 23.0. The van der Waals surface area contributed by atoms with Crippen LogP contribution in [0.15, 0.2) is 42.5 Å². The van der Waals surface area contributed by atoms with Crippen molar-refractivity contribution >= 4 is 29.7 Å². The quantitative estimate of drug-likeness (QED) is 0.571. The summed E-state index contributed by atoms with van der Waals surface area (Å²) < 4.78 is 0. The molecule has 0 heterocycles. The molecule has 0 aromatic heterocycles. The zero-order chi connectivity index (χ0) is 15.4. The lowest BCUT2D eigenvalue weighted by Gasteiger charge is -2.16. The summed E-state index contributed by atoms with van der Waals surface area (Å²) in [6.45, 7) is 0. The van der Waals surface area contributed by atoms with Crippen LogP contribution in [0.1, 0.15) is 16.8 Å². The summed E-state index contributed by atoms with van der Waals surface area (Å²) in [5.41, 5.74) is 5.37. The lowest BCUT2D eigenvalue weighted by Crippen LogP contribution is -2.48. The Morgan fingerprint density at radius 3 is 2.43 bits per heavy atom. The minimum absolute atomic E-state index is 0.350. The van der Waals surface area contributed by atoms with E-state index in [0.29, 0.717) is 5.56 Å². The molecule has 1 unspecified atom stereocenters. The average Bonchev–Trinajstić information content (AvgIpc) is 2.45. The molecule has 0 saturated heterocycles. The number of carbonyl (C=O) groups excluding carboxylic acids is 2. The van der Waals surface area contributed by atoms with Crippen molar-refractivity contribution < 1.29 is 19.6 Å². The molecule has 0 aliphatic carbocycles. The summed E-state index contributed by atoms with van der Waals surface area (Å²) in [6, 6.07) is 12.7. The first-order valence-corrected chi connectivity index (χ1v) is 6.41. The molecular weight excluding hydrogens is 271 g/mol. The third-order valence-corrected chi connectivity index (χ3v) is 3.11. The molecule has 6 nitrogen and oxygen atoms in total. The van der Waals surface area contributed by atoms with E-state index in [0.717, 1.165) is 10.8 Å². The third-order valence-electron chi connectivity index (χ3n) is 3.11. The molecule has 2 aromatic rings. The van der Waals surface area contributed by atoms with Crippen LogP contribution < -0.4 is 11.1 Å². The first-order chi connectivity index (χ1) is 9.97. The molecule has 0 spiro atoms. The number of rotatable bonds is 5. The molecule has 2 rings (SSSR count). The van der Waals surface area contributed by atoms with Crippen molar-refractivity contribution in [2.45, 2.75) is 12.4 Å². The highest BCUT2D eigenvalue weighted by Crippen LogP contribution is 2.15. The number of hydrogen-bond donors (Lipinski definition) is 4. The lowest BCUT2D eigenvalue weighted by atomic mass is 9.77. The zero-order valence-corrected chi connectivity index (χ0v) is 11.2. The molecule has 2 aromatic carbocycles. The Bertz CT molecular complexity index is 675. The summed E-state index contributed by atoms with van der Waals surface area (Å²) in [5.74, 6) is -2.37. The lowest BCUT2D eigenvalue weighted by molar-refractivity contribution is -0.118. The van der Waals surface area contributed by atoms with E-state index in [-0.39, 0.29) is 6.42 Å². The molecule has 7 heteroatoms. The highest BCUT2D eigenvalue weighted by Gasteiger charge is 2.27. The molecule has 21 heavy (non-hydrogen) atoms. The molecule has 2 amide bonds. The predicted molar refractivity (Wildman–Crippen MR) is 79.2 cm³/mol. The molecule has 0 bridgehead atoms. The number of primary amides is 1. The molecule has 5 N–H and O–H groups in total. The van der Waals surface area contributed by atoms with Crippen LogP contribution in [-0.2, 0) is 4.79 Å². The fraction of sp³-hybridized carbons (Fsp3) is 0.143. The van der Waals surface area contributed by atoms with E-state index in [1.165, 1.54) is 0 Å². The van der Waals surface area contributed by atoms with Crippen LogP contribution in [0.3, 0.4) is 0 Å². The van der Waals surface area contributed by atoms with Crippen LogP contribution in [0, 0.1) is 0 Å². The van der Waals surface area contributed by atoms with E-state index < -0.39 is 24.9 Å². The second kappa shape index (κ2) is 6.38. The zero-order valence-electron chi connectivity index (χ0n) is 11.2. The van der Waals surface area contributed by atoms with Crippen molar-refractivity contribution in [2.75, 3.05) is 0 Å². The van der Waals surface area contributed by atoms with Gasteiger partial charge in [-0.15, -0.1) is 0 Å². The van der Waals surface area contributed by atoms with Gasteiger partial charge in [0.2, 0.25) is 5.91 Å². The molecule has 0 fully saturated rings. The van der Waals surface area contributed by atoms with Crippen molar-refractivity contribution in [2.24, 2.45) is 5.73 Å². The van der Waals surface area contributed by atoms with Crippen molar-refractivity contribution in [3.05, 3.63) is 48.0 Å². The van der Waals surface area contributed by atoms with Crippen LogP contribution in [0.2, 0.25) is 0 Å². The van der Waals surface area contributed by atoms with E-state index >= 15 is 0 Å². The van der Waals surface area contributed by atoms with E-state index in [9.17, 15) is 9.59 Å². The Morgan fingerprint density at radius 1 is 1.14 bits per heavy atom. The fourth-order valence-corrected chi connectivity index (χ4v) is 2.03. The average molecular weight is 286 g/mol. The molecule has 0 aliphatic heterocycles. The smallest absolute Gasteiger partial charge is 0.426 e. The topological polar surface area (TPSA) is 113 Å². The van der Waals surface area contributed by atoms with Crippen LogP contribution in [0.25, 0.3) is 10.8 Å². The Kier molecular flexibility index (Phi) is 4.57. The summed E-state index contributed by atoms with van der Waals surface area (Å²) in [6.07, 6.45) is -0.350. The van der Waals surface area contributed by atoms with Crippen LogP contribution in [0.5, 0.6) is 0 Å². The number of nitrogens with one attached hydrogen (secondary N) is 1. The molecular formula is C14H15BN2O4. The number of benzene rings is 2. The molecule has 0 saturated carbocycles. The highest BCUT2D eigenvalue weighted by molar-refractivity contribution is 6.44. The van der Waals surface area contributed by atoms with Gasteiger partial charge < -0.3 is 21.1 Å². The van der Waals surface area contributed by atoms with Gasteiger partial charge in [0, 0.05) is 12.0 Å². The Morgan fingerprint density at radius 2 is 1.81 bits per heavy atom. The fourth-order valence-electron chi connectivity index (χ4n) is 2.03. The maximum absolute atomic E-state index is 12.1. The van der Waals surface area contributed by atoms with Gasteiger partial charge in [-0.3, -0.25) is 9.59 Å². The summed E-state index contributed by atoms with van der Waals surface area (Å²) >= 11 is 0. The van der Waals surface area contributed by atoms with Gasteiger partial charge in [-0.1, -0.05) is 30.3 Å². The van der Waals surface area contributed by atoms with E-state index in [1.54, 1.807) is 18.2 Å². The number of amides is 2.